The fourth-order valence-corrected chi connectivity index (χ4v) is 6.93. The zero-order valence-electron chi connectivity index (χ0n) is 18.5. The molecule has 5 nitrogen and oxygen atoms in total. The Morgan fingerprint density at radius 3 is 2.91 bits per heavy atom. The summed E-state index contributed by atoms with van der Waals surface area (Å²) in [5, 5.41) is 11.0. The SMILES string of the molecule is Cc1nc2cc([C@@]34C[C@@H]3CN(CCCSc3nnc(-c5ccccc5)n3C)C4)ccc2s1. The van der Waals surface area contributed by atoms with Gasteiger partial charge in [0.1, 0.15) is 0 Å². The van der Waals surface area contributed by atoms with Crippen LogP contribution in [0.1, 0.15) is 23.4 Å². The Kier molecular flexibility index (Phi) is 5.08. The summed E-state index contributed by atoms with van der Waals surface area (Å²) in [6.45, 7) is 5.69. The third-order valence-corrected chi connectivity index (χ3v) is 9.06. The van der Waals surface area contributed by atoms with Crippen molar-refractivity contribution >= 4 is 33.3 Å². The second kappa shape index (κ2) is 7.97. The van der Waals surface area contributed by atoms with Crippen LogP contribution in [0.3, 0.4) is 0 Å². The molecule has 0 N–H and O–H groups in total. The maximum absolute atomic E-state index is 4.72. The number of aryl methyl sites for hydroxylation is 1. The van der Waals surface area contributed by atoms with E-state index in [4.69, 9.17) is 4.98 Å². The number of thioether (sulfide) groups is 1. The summed E-state index contributed by atoms with van der Waals surface area (Å²) in [6.07, 6.45) is 2.51. The van der Waals surface area contributed by atoms with Crippen LogP contribution in [0.4, 0.5) is 0 Å². The predicted molar refractivity (Wildman–Crippen MR) is 132 cm³/mol. The second-order valence-electron chi connectivity index (χ2n) is 9.14. The largest absolute Gasteiger partial charge is 0.305 e. The number of hydrogen-bond acceptors (Lipinski definition) is 6. The molecule has 0 bridgehead atoms. The molecule has 0 unspecified atom stereocenters. The minimum atomic E-state index is 0.382. The van der Waals surface area contributed by atoms with Crippen molar-refractivity contribution < 1.29 is 0 Å². The van der Waals surface area contributed by atoms with Crippen molar-refractivity contribution in [2.24, 2.45) is 13.0 Å². The quantitative estimate of drug-likeness (QED) is 0.281. The third-order valence-electron chi connectivity index (χ3n) is 7.00. The summed E-state index contributed by atoms with van der Waals surface area (Å²) in [7, 11) is 2.06. The predicted octanol–water partition coefficient (Wildman–Crippen LogP) is 5.16. The topological polar surface area (TPSA) is 46.8 Å². The van der Waals surface area contributed by atoms with Crippen molar-refractivity contribution in [2.75, 3.05) is 25.4 Å². The van der Waals surface area contributed by atoms with Crippen molar-refractivity contribution in [1.82, 2.24) is 24.6 Å². The number of rotatable bonds is 7. The van der Waals surface area contributed by atoms with Crippen molar-refractivity contribution in [3.05, 3.63) is 59.1 Å². The molecule has 0 radical (unpaired) electrons. The number of aromatic nitrogens is 4. The normalized spacial score (nSPS) is 22.5. The lowest BCUT2D eigenvalue weighted by Crippen LogP contribution is -2.27. The fraction of sp³-hybridized carbons (Fsp3) is 0.400. The molecule has 1 aliphatic heterocycles. The van der Waals surface area contributed by atoms with Gasteiger partial charge in [0, 0.05) is 36.9 Å². The molecule has 2 aliphatic rings. The molecule has 164 valence electrons. The van der Waals surface area contributed by atoms with Gasteiger partial charge in [0.25, 0.3) is 0 Å². The molecule has 2 aromatic heterocycles. The van der Waals surface area contributed by atoms with Crippen molar-refractivity contribution in [1.29, 1.82) is 0 Å². The summed E-state index contributed by atoms with van der Waals surface area (Å²) < 4.78 is 3.42. The lowest BCUT2D eigenvalue weighted by atomic mass is 9.95. The van der Waals surface area contributed by atoms with Gasteiger partial charge in [0.05, 0.1) is 15.2 Å². The summed E-state index contributed by atoms with van der Waals surface area (Å²) in [4.78, 5) is 7.38. The average molecular weight is 462 g/mol. The van der Waals surface area contributed by atoms with Gasteiger partial charge in [-0.2, -0.15) is 0 Å². The highest BCUT2D eigenvalue weighted by molar-refractivity contribution is 7.99. The first kappa shape index (κ1) is 20.4. The van der Waals surface area contributed by atoms with Crippen LogP contribution in [0.2, 0.25) is 0 Å². The van der Waals surface area contributed by atoms with Crippen molar-refractivity contribution in [2.45, 2.75) is 30.3 Å². The highest BCUT2D eigenvalue weighted by Gasteiger charge is 2.60. The Bertz CT molecular complexity index is 1260. The van der Waals surface area contributed by atoms with E-state index in [2.05, 4.69) is 64.0 Å². The lowest BCUT2D eigenvalue weighted by Gasteiger charge is -2.21. The number of nitrogens with zero attached hydrogens (tertiary/aromatic N) is 5. The van der Waals surface area contributed by atoms with Crippen LogP contribution >= 0.6 is 23.1 Å². The first-order valence-corrected chi connectivity index (χ1v) is 13.1. The standard InChI is InChI=1S/C25H27N5S2/c1-17-26-21-13-19(9-10-22(21)32-17)25-14-20(25)15-30(16-25)11-6-12-31-24-28-27-23(29(24)2)18-7-4-3-5-8-18/h3-5,7-10,13,20H,6,11-12,14-16H2,1-2H3/t20-,25+/m1/s1. The van der Waals surface area contributed by atoms with Crippen LogP contribution in [-0.4, -0.2) is 50.0 Å². The molecule has 6 rings (SSSR count). The van der Waals surface area contributed by atoms with E-state index in [0.29, 0.717) is 5.41 Å². The smallest absolute Gasteiger partial charge is 0.191 e. The van der Waals surface area contributed by atoms with Gasteiger partial charge in [-0.15, -0.1) is 21.5 Å². The van der Waals surface area contributed by atoms with Crippen LogP contribution in [0.25, 0.3) is 21.6 Å². The molecule has 2 aromatic carbocycles. The lowest BCUT2D eigenvalue weighted by molar-refractivity contribution is 0.299. The molecule has 7 heteroatoms. The molecule has 1 saturated carbocycles. The van der Waals surface area contributed by atoms with Crippen LogP contribution in [0.5, 0.6) is 0 Å². The third kappa shape index (κ3) is 3.56. The van der Waals surface area contributed by atoms with Gasteiger partial charge in [-0.1, -0.05) is 48.2 Å². The molecule has 3 heterocycles. The number of thiazole rings is 1. The molecule has 2 fully saturated rings. The maximum atomic E-state index is 4.72. The van der Waals surface area contributed by atoms with E-state index in [-0.39, 0.29) is 0 Å². The number of benzene rings is 2. The molecular weight excluding hydrogens is 434 g/mol. The summed E-state index contributed by atoms with van der Waals surface area (Å²) in [5.74, 6) is 2.82. The van der Waals surface area contributed by atoms with Gasteiger partial charge in [-0.05, 0) is 49.9 Å². The fourth-order valence-electron chi connectivity index (χ4n) is 5.29. The van der Waals surface area contributed by atoms with Crippen LogP contribution in [-0.2, 0) is 12.5 Å². The van der Waals surface area contributed by atoms with Gasteiger partial charge < -0.3 is 9.47 Å². The minimum Gasteiger partial charge on any atom is -0.305 e. The first-order valence-electron chi connectivity index (χ1n) is 11.3. The minimum absolute atomic E-state index is 0.382. The second-order valence-corrected chi connectivity index (χ2v) is 11.4. The van der Waals surface area contributed by atoms with E-state index in [1.165, 1.54) is 41.7 Å². The zero-order chi connectivity index (χ0) is 21.7. The summed E-state index contributed by atoms with van der Waals surface area (Å²) in [5.41, 5.74) is 4.18. The Morgan fingerprint density at radius 1 is 1.16 bits per heavy atom. The van der Waals surface area contributed by atoms with Gasteiger partial charge in [0.2, 0.25) is 0 Å². The molecule has 4 aromatic rings. The van der Waals surface area contributed by atoms with Gasteiger partial charge >= 0.3 is 0 Å². The number of likely N-dealkylation sites (tertiary alicyclic amines) is 1. The summed E-state index contributed by atoms with van der Waals surface area (Å²) >= 11 is 3.61. The molecular formula is C25H27N5S2. The summed E-state index contributed by atoms with van der Waals surface area (Å²) in [6, 6.07) is 17.3. The van der Waals surface area contributed by atoms with Gasteiger partial charge in [0.15, 0.2) is 11.0 Å². The van der Waals surface area contributed by atoms with E-state index < -0.39 is 0 Å². The first-order chi connectivity index (χ1) is 15.6. The van der Waals surface area contributed by atoms with Gasteiger partial charge in [-0.3, -0.25) is 0 Å². The van der Waals surface area contributed by atoms with E-state index in [1.54, 1.807) is 11.3 Å². The van der Waals surface area contributed by atoms with E-state index in [1.807, 2.05) is 30.0 Å². The molecule has 2 atom stereocenters. The Balaban J connectivity index is 1.04. The highest BCUT2D eigenvalue weighted by atomic mass is 32.2. The van der Waals surface area contributed by atoms with E-state index >= 15 is 0 Å². The van der Waals surface area contributed by atoms with Crippen LogP contribution in [0, 0.1) is 12.8 Å². The molecule has 32 heavy (non-hydrogen) atoms. The van der Waals surface area contributed by atoms with Crippen molar-refractivity contribution in [3.8, 4) is 11.4 Å². The Hall–Kier alpha value is -2.22. The molecule has 0 spiro atoms. The van der Waals surface area contributed by atoms with Crippen molar-refractivity contribution in [3.63, 3.8) is 0 Å². The monoisotopic (exact) mass is 461 g/mol. The number of hydrogen-bond donors (Lipinski definition) is 0. The van der Waals surface area contributed by atoms with Gasteiger partial charge in [-0.25, -0.2) is 4.98 Å². The number of fused-ring (bicyclic) bond motifs is 2. The molecule has 0 amide bonds. The number of piperidine rings is 1. The zero-order valence-corrected chi connectivity index (χ0v) is 20.1. The molecule has 1 saturated heterocycles. The highest BCUT2D eigenvalue weighted by Crippen LogP contribution is 2.59. The Labute approximate surface area is 196 Å². The van der Waals surface area contributed by atoms with E-state index in [9.17, 15) is 0 Å². The maximum Gasteiger partial charge on any atom is 0.191 e. The molecule has 1 aliphatic carbocycles. The van der Waals surface area contributed by atoms with Crippen LogP contribution < -0.4 is 0 Å². The Morgan fingerprint density at radius 2 is 2.03 bits per heavy atom. The van der Waals surface area contributed by atoms with Crippen LogP contribution in [0.15, 0.2) is 53.7 Å². The average Bonchev–Trinajstić information content (AvgIpc) is 3.07. The van der Waals surface area contributed by atoms with E-state index in [0.717, 1.165) is 39.8 Å².